The number of nitrogens with zero attached hydrogens (tertiary/aromatic N) is 2. The average Bonchev–Trinajstić information content (AvgIpc) is 2.39. The van der Waals surface area contributed by atoms with E-state index in [0.29, 0.717) is 6.42 Å². The fourth-order valence-corrected chi connectivity index (χ4v) is 1.45. The van der Waals surface area contributed by atoms with Crippen molar-refractivity contribution in [2.45, 2.75) is 12.5 Å². The second kappa shape index (κ2) is 9.56. The minimum Gasteiger partial charge on any atom is -0.759 e. The Labute approximate surface area is 133 Å². The van der Waals surface area contributed by atoms with E-state index in [4.69, 9.17) is 17.5 Å². The van der Waals surface area contributed by atoms with Gasteiger partial charge in [0.05, 0.1) is 6.10 Å². The summed E-state index contributed by atoms with van der Waals surface area (Å²) < 4.78 is 34.1. The van der Waals surface area contributed by atoms with Crippen molar-refractivity contribution in [3.05, 3.63) is 60.2 Å². The van der Waals surface area contributed by atoms with Crippen LogP contribution in [-0.2, 0) is 33.9 Å². The van der Waals surface area contributed by atoms with E-state index in [2.05, 4.69) is 9.97 Å². The first-order valence-corrected chi connectivity index (χ1v) is 6.83. The Kier molecular flexibility index (Phi) is 8.95. The van der Waals surface area contributed by atoms with Crippen molar-refractivity contribution in [3.63, 3.8) is 0 Å². The predicted octanol–water partition coefficient (Wildman–Crippen LogP) is 0.412. The Morgan fingerprint density at radius 1 is 1.00 bits per heavy atom. The molecule has 2 rings (SSSR count). The first-order chi connectivity index (χ1) is 9.36. The molecule has 0 amide bonds. The predicted molar refractivity (Wildman–Crippen MR) is 67.6 cm³/mol. The third-order valence-electron chi connectivity index (χ3n) is 2.27. The van der Waals surface area contributed by atoms with Crippen LogP contribution in [0.2, 0.25) is 0 Å². The van der Waals surface area contributed by atoms with E-state index in [1.807, 2.05) is 24.3 Å². The first-order valence-electron chi connectivity index (χ1n) is 5.50. The van der Waals surface area contributed by atoms with E-state index in [1.54, 1.807) is 24.8 Å². The first kappa shape index (κ1) is 19.6. The molecule has 1 unspecified atom stereocenters. The molecule has 0 aliphatic heterocycles. The van der Waals surface area contributed by atoms with Gasteiger partial charge in [-0.05, 0) is 35.4 Å². The molecule has 0 spiro atoms. The molecule has 1 radical (unpaired) electrons. The monoisotopic (exact) mass is 351 g/mol. The van der Waals surface area contributed by atoms with Gasteiger partial charge in [-0.1, -0.05) is 0 Å². The maximum absolute atomic E-state index is 9.93. The summed E-state index contributed by atoms with van der Waals surface area (Å²) in [5.74, 6) is 0. The third-order valence-corrected chi connectivity index (χ3v) is 2.27. The molecule has 2 aromatic heterocycles. The zero-order valence-corrected chi connectivity index (χ0v) is 12.7. The SMILES string of the molecule is O=S(=O)([O-])[O-].OC(Cc1ccncc1)c1ccncc1.[Mn+2]. The molecule has 1 N–H and O–H groups in total. The van der Waals surface area contributed by atoms with E-state index in [-0.39, 0.29) is 17.1 Å². The van der Waals surface area contributed by atoms with E-state index in [1.165, 1.54) is 0 Å². The molecule has 0 saturated heterocycles. The molecule has 7 nitrogen and oxygen atoms in total. The largest absolute Gasteiger partial charge is 2.00 e. The van der Waals surface area contributed by atoms with Gasteiger partial charge >= 0.3 is 17.1 Å². The van der Waals surface area contributed by atoms with Crippen LogP contribution in [0.1, 0.15) is 17.2 Å². The van der Waals surface area contributed by atoms with Gasteiger partial charge in [-0.25, -0.2) is 0 Å². The number of aromatic nitrogens is 2. The minimum atomic E-state index is -5.17. The molecule has 0 aromatic carbocycles. The maximum atomic E-state index is 9.93. The Hall–Kier alpha value is -1.35. The molecule has 113 valence electrons. The molecule has 0 saturated carbocycles. The van der Waals surface area contributed by atoms with Crippen molar-refractivity contribution in [2.75, 3.05) is 0 Å². The number of aliphatic hydroxyl groups excluding tert-OH is 1. The molecule has 1 atom stereocenters. The van der Waals surface area contributed by atoms with Gasteiger partial charge < -0.3 is 14.2 Å². The van der Waals surface area contributed by atoms with Crippen LogP contribution in [0.4, 0.5) is 0 Å². The van der Waals surface area contributed by atoms with E-state index in [9.17, 15) is 5.11 Å². The fourth-order valence-electron chi connectivity index (χ4n) is 1.45. The van der Waals surface area contributed by atoms with Gasteiger partial charge in [0.2, 0.25) is 0 Å². The zero-order valence-electron chi connectivity index (χ0n) is 10.7. The van der Waals surface area contributed by atoms with Gasteiger partial charge in [0.25, 0.3) is 0 Å². The third kappa shape index (κ3) is 10.1. The normalized spacial score (nSPS) is 11.6. The molecular weight excluding hydrogens is 339 g/mol. The summed E-state index contributed by atoms with van der Waals surface area (Å²) in [5.41, 5.74) is 1.97. The van der Waals surface area contributed by atoms with Gasteiger partial charge in [0.15, 0.2) is 0 Å². The standard InChI is InChI=1S/C12H12N2O.Mn.H2O4S/c15-12(11-3-7-14-8-4-11)9-10-1-5-13-6-2-10;;1-5(2,3)4/h1-8,12,15H,9H2;;(H2,1,2,3,4)/q;+2;/p-2. The molecule has 2 heterocycles. The molecule has 2 aromatic rings. The molecule has 0 aliphatic rings. The summed E-state index contributed by atoms with van der Waals surface area (Å²) in [6.07, 6.45) is 6.96. The number of hydrogen-bond acceptors (Lipinski definition) is 7. The van der Waals surface area contributed by atoms with Crippen molar-refractivity contribution in [3.8, 4) is 0 Å². The smallest absolute Gasteiger partial charge is 0.759 e. The van der Waals surface area contributed by atoms with Gasteiger partial charge in [-0.3, -0.25) is 18.4 Å². The van der Waals surface area contributed by atoms with Gasteiger partial charge in [-0.2, -0.15) is 0 Å². The van der Waals surface area contributed by atoms with Crippen LogP contribution in [0.3, 0.4) is 0 Å². The van der Waals surface area contributed by atoms with Gasteiger partial charge in [0.1, 0.15) is 0 Å². The van der Waals surface area contributed by atoms with Crippen molar-refractivity contribution >= 4 is 10.4 Å². The summed E-state index contributed by atoms with van der Waals surface area (Å²) >= 11 is 0. The number of hydrogen-bond donors (Lipinski definition) is 1. The molecule has 9 heteroatoms. The van der Waals surface area contributed by atoms with Crippen LogP contribution < -0.4 is 0 Å². The molecule has 0 bridgehead atoms. The average molecular weight is 351 g/mol. The second-order valence-corrected chi connectivity index (χ2v) is 4.58. The van der Waals surface area contributed by atoms with Crippen LogP contribution in [0, 0.1) is 0 Å². The van der Waals surface area contributed by atoms with E-state index in [0.717, 1.165) is 11.1 Å². The van der Waals surface area contributed by atoms with Crippen molar-refractivity contribution in [1.82, 2.24) is 9.97 Å². The number of aliphatic hydroxyl groups is 1. The molecule has 0 fully saturated rings. The quantitative estimate of drug-likeness (QED) is 0.482. The fraction of sp³-hybridized carbons (Fsp3) is 0.167. The van der Waals surface area contributed by atoms with E-state index >= 15 is 0 Å². The second-order valence-electron chi connectivity index (χ2n) is 3.76. The maximum Gasteiger partial charge on any atom is 2.00 e. The Morgan fingerprint density at radius 3 is 1.81 bits per heavy atom. The Morgan fingerprint density at radius 2 is 1.38 bits per heavy atom. The Balaban J connectivity index is 0.000000583. The number of pyridine rings is 2. The molecule has 21 heavy (non-hydrogen) atoms. The van der Waals surface area contributed by atoms with Gasteiger partial charge in [-0.15, -0.1) is 0 Å². The van der Waals surface area contributed by atoms with Crippen LogP contribution in [-0.4, -0.2) is 32.6 Å². The van der Waals surface area contributed by atoms with E-state index < -0.39 is 16.5 Å². The topological polar surface area (TPSA) is 126 Å². The summed E-state index contributed by atoms with van der Waals surface area (Å²) in [4.78, 5) is 7.85. The van der Waals surface area contributed by atoms with Crippen molar-refractivity contribution in [1.29, 1.82) is 0 Å². The Bertz CT molecular complexity index is 602. The summed E-state index contributed by atoms with van der Waals surface area (Å²) in [7, 11) is -5.17. The molecular formula is C12H12MnN2O5S. The van der Waals surface area contributed by atoms with Crippen molar-refractivity contribution < 1.29 is 39.7 Å². The molecule has 0 aliphatic carbocycles. The summed E-state index contributed by atoms with van der Waals surface area (Å²) in [6.45, 7) is 0. The minimum absolute atomic E-state index is 0. The number of rotatable bonds is 3. The van der Waals surface area contributed by atoms with Crippen LogP contribution in [0.5, 0.6) is 0 Å². The zero-order chi connectivity index (χ0) is 15.0. The van der Waals surface area contributed by atoms with Crippen LogP contribution in [0.15, 0.2) is 49.1 Å². The summed E-state index contributed by atoms with van der Waals surface area (Å²) in [5, 5.41) is 9.93. The van der Waals surface area contributed by atoms with Crippen molar-refractivity contribution in [2.24, 2.45) is 0 Å². The van der Waals surface area contributed by atoms with Crippen LogP contribution in [0.25, 0.3) is 0 Å². The summed E-state index contributed by atoms with van der Waals surface area (Å²) in [6, 6.07) is 7.46. The van der Waals surface area contributed by atoms with Crippen LogP contribution >= 0.6 is 0 Å². The van der Waals surface area contributed by atoms with Gasteiger partial charge in [0, 0.05) is 41.6 Å².